The van der Waals surface area contributed by atoms with Gasteiger partial charge in [0.15, 0.2) is 0 Å². The minimum absolute atomic E-state index is 0.0171. The van der Waals surface area contributed by atoms with Crippen molar-refractivity contribution >= 4 is 11.1 Å². The van der Waals surface area contributed by atoms with Gasteiger partial charge in [0.05, 0.1) is 6.61 Å². The van der Waals surface area contributed by atoms with Crippen molar-refractivity contribution in [2.75, 3.05) is 0 Å². The van der Waals surface area contributed by atoms with Crippen LogP contribution in [0, 0.1) is 6.92 Å². The molecule has 2 heterocycles. The lowest BCUT2D eigenvalue weighted by molar-refractivity contribution is 0.281. The van der Waals surface area contributed by atoms with Gasteiger partial charge in [-0.05, 0) is 6.92 Å². The van der Waals surface area contributed by atoms with Gasteiger partial charge in [-0.15, -0.1) is 0 Å². The number of fused-ring (bicyclic) bond motifs is 1. The molecule has 0 aliphatic heterocycles. The van der Waals surface area contributed by atoms with Crippen molar-refractivity contribution in [2.45, 2.75) is 13.5 Å². The molecule has 2 rings (SSSR count). The maximum absolute atomic E-state index is 11.1. The third-order valence-corrected chi connectivity index (χ3v) is 1.95. The second-order valence-corrected chi connectivity index (χ2v) is 3.02. The van der Waals surface area contributed by atoms with Gasteiger partial charge < -0.3 is 14.6 Å². The zero-order chi connectivity index (χ0) is 11.0. The van der Waals surface area contributed by atoms with Crippen LogP contribution in [0.25, 0.3) is 11.1 Å². The zero-order valence-electron chi connectivity index (χ0n) is 7.89. The van der Waals surface area contributed by atoms with Crippen molar-refractivity contribution in [3.63, 3.8) is 0 Å². The number of rotatable bonds is 1. The quantitative estimate of drug-likeness (QED) is 0.689. The molecule has 15 heavy (non-hydrogen) atoms. The number of aromatic nitrogens is 2. The topological polar surface area (TPSA) is 96.5 Å². The highest BCUT2D eigenvalue weighted by molar-refractivity contribution is 5.81. The summed E-state index contributed by atoms with van der Waals surface area (Å²) >= 11 is 0. The zero-order valence-corrected chi connectivity index (χ0v) is 7.89. The van der Waals surface area contributed by atoms with Crippen LogP contribution in [0.1, 0.15) is 11.4 Å². The summed E-state index contributed by atoms with van der Waals surface area (Å²) in [4.78, 5) is 18.6. The molecule has 0 radical (unpaired) electrons. The van der Waals surface area contributed by atoms with Crippen LogP contribution in [0.2, 0.25) is 0 Å². The molecule has 0 amide bonds. The molecule has 0 bridgehead atoms. The van der Waals surface area contributed by atoms with Crippen LogP contribution in [0.5, 0.6) is 5.88 Å². The highest BCUT2D eigenvalue weighted by Gasteiger charge is 2.12. The number of hydrogen-bond acceptors (Lipinski definition) is 6. The minimum Gasteiger partial charge on any atom is -0.493 e. The maximum Gasteiger partial charge on any atom is 0.337 e. The molecule has 2 N–H and O–H groups in total. The number of hydrogen-bond donors (Lipinski definition) is 2. The first kappa shape index (κ1) is 9.60. The molecule has 0 spiro atoms. The third kappa shape index (κ3) is 1.55. The summed E-state index contributed by atoms with van der Waals surface area (Å²) in [6.45, 7) is 1.17. The number of aromatic hydroxyl groups is 1. The van der Waals surface area contributed by atoms with E-state index in [4.69, 9.17) is 9.52 Å². The Morgan fingerprint density at radius 2 is 2.20 bits per heavy atom. The molecule has 0 saturated carbocycles. The first-order chi connectivity index (χ1) is 7.11. The van der Waals surface area contributed by atoms with Gasteiger partial charge in [-0.3, -0.25) is 0 Å². The van der Waals surface area contributed by atoms with Crippen LogP contribution < -0.4 is 5.63 Å². The van der Waals surface area contributed by atoms with Crippen molar-refractivity contribution in [1.29, 1.82) is 0 Å². The first-order valence-electron chi connectivity index (χ1n) is 4.23. The van der Waals surface area contributed by atoms with E-state index in [1.807, 2.05) is 0 Å². The summed E-state index contributed by atoms with van der Waals surface area (Å²) in [5, 5.41) is 18.7. The molecule has 0 atom stereocenters. The fourth-order valence-corrected chi connectivity index (χ4v) is 1.35. The average molecular weight is 208 g/mol. The van der Waals surface area contributed by atoms with E-state index < -0.39 is 5.63 Å². The van der Waals surface area contributed by atoms with Crippen LogP contribution in [0.3, 0.4) is 0 Å². The monoisotopic (exact) mass is 208 g/mol. The molecular weight excluding hydrogens is 200 g/mol. The molecule has 0 saturated heterocycles. The van der Waals surface area contributed by atoms with Crippen LogP contribution in [0.15, 0.2) is 15.3 Å². The summed E-state index contributed by atoms with van der Waals surface area (Å²) in [5.74, 6) is -0.0106. The Hall–Kier alpha value is -1.95. The fraction of sp³-hybridized carbons (Fsp3) is 0.222. The smallest absolute Gasteiger partial charge is 0.337 e. The molecule has 0 unspecified atom stereocenters. The number of aliphatic hydroxyl groups excluding tert-OH is 1. The van der Waals surface area contributed by atoms with Gasteiger partial charge in [0.2, 0.25) is 11.6 Å². The molecule has 6 heteroatoms. The van der Waals surface area contributed by atoms with Gasteiger partial charge in [0, 0.05) is 11.6 Å². The van der Waals surface area contributed by atoms with Gasteiger partial charge in [-0.2, -0.15) is 9.97 Å². The van der Waals surface area contributed by atoms with Crippen LogP contribution >= 0.6 is 0 Å². The Bertz CT molecular complexity index is 576. The fourth-order valence-electron chi connectivity index (χ4n) is 1.35. The number of aliphatic hydroxyl groups is 1. The standard InChI is InChI=1S/C9H8N2O4/c1-4-10-8(14)7-5(3-12)2-6(13)15-9(7)11-4/h2,12H,3H2,1H3,(H,10,11,14). The Kier molecular flexibility index (Phi) is 2.12. The third-order valence-electron chi connectivity index (χ3n) is 1.95. The molecule has 0 aliphatic carbocycles. The molecule has 0 aliphatic rings. The summed E-state index contributed by atoms with van der Waals surface area (Å²) in [6, 6.07) is 1.10. The van der Waals surface area contributed by atoms with Gasteiger partial charge in [-0.1, -0.05) is 0 Å². The van der Waals surface area contributed by atoms with E-state index in [-0.39, 0.29) is 29.2 Å². The second-order valence-electron chi connectivity index (χ2n) is 3.02. The highest BCUT2D eigenvalue weighted by atomic mass is 16.4. The molecule has 78 valence electrons. The van der Waals surface area contributed by atoms with E-state index in [9.17, 15) is 9.90 Å². The highest BCUT2D eigenvalue weighted by Crippen LogP contribution is 2.23. The lowest BCUT2D eigenvalue weighted by Gasteiger charge is -2.03. The lowest BCUT2D eigenvalue weighted by Crippen LogP contribution is -2.03. The van der Waals surface area contributed by atoms with Gasteiger partial charge in [0.1, 0.15) is 11.2 Å². The van der Waals surface area contributed by atoms with E-state index in [0.29, 0.717) is 5.82 Å². The van der Waals surface area contributed by atoms with Crippen molar-refractivity contribution in [2.24, 2.45) is 0 Å². The molecule has 0 aromatic carbocycles. The Morgan fingerprint density at radius 3 is 2.87 bits per heavy atom. The number of aryl methyl sites for hydroxylation is 1. The predicted molar refractivity (Wildman–Crippen MR) is 50.4 cm³/mol. The van der Waals surface area contributed by atoms with E-state index >= 15 is 0 Å². The van der Waals surface area contributed by atoms with E-state index in [1.54, 1.807) is 6.92 Å². The second kappa shape index (κ2) is 3.32. The SMILES string of the molecule is Cc1nc(O)c2c(CO)cc(=O)oc2n1. The van der Waals surface area contributed by atoms with Crippen LogP contribution in [-0.4, -0.2) is 20.2 Å². The van der Waals surface area contributed by atoms with E-state index in [0.717, 1.165) is 6.07 Å². The van der Waals surface area contributed by atoms with Gasteiger partial charge >= 0.3 is 5.63 Å². The van der Waals surface area contributed by atoms with E-state index in [1.165, 1.54) is 0 Å². The number of nitrogens with zero attached hydrogens (tertiary/aromatic N) is 2. The molecule has 6 nitrogen and oxygen atoms in total. The summed E-state index contributed by atoms with van der Waals surface area (Å²) in [7, 11) is 0. The molecule has 2 aromatic heterocycles. The van der Waals surface area contributed by atoms with E-state index in [2.05, 4.69) is 9.97 Å². The minimum atomic E-state index is -0.621. The Morgan fingerprint density at radius 1 is 1.47 bits per heavy atom. The summed E-state index contributed by atoms with van der Waals surface area (Å²) < 4.78 is 4.79. The summed E-state index contributed by atoms with van der Waals surface area (Å²) in [5.41, 5.74) is -0.389. The molecular formula is C9H8N2O4. The van der Waals surface area contributed by atoms with Crippen LogP contribution in [0.4, 0.5) is 0 Å². The van der Waals surface area contributed by atoms with Crippen LogP contribution in [-0.2, 0) is 6.61 Å². The van der Waals surface area contributed by atoms with Crippen molar-refractivity contribution < 1.29 is 14.6 Å². The molecule has 0 fully saturated rings. The Labute approximate surface area is 83.8 Å². The average Bonchev–Trinajstić information content (AvgIpc) is 2.14. The predicted octanol–water partition coefficient (Wildman–Crippen LogP) is 0.0893. The van der Waals surface area contributed by atoms with Crippen molar-refractivity contribution in [3.8, 4) is 5.88 Å². The maximum atomic E-state index is 11.1. The lowest BCUT2D eigenvalue weighted by atomic mass is 10.2. The Balaban J connectivity index is 2.96. The van der Waals surface area contributed by atoms with Gasteiger partial charge in [0.25, 0.3) is 0 Å². The van der Waals surface area contributed by atoms with Crippen molar-refractivity contribution in [1.82, 2.24) is 9.97 Å². The normalized spacial score (nSPS) is 10.8. The molecule has 2 aromatic rings. The summed E-state index contributed by atoms with van der Waals surface area (Å²) in [6.07, 6.45) is 0. The first-order valence-corrected chi connectivity index (χ1v) is 4.23. The van der Waals surface area contributed by atoms with Gasteiger partial charge in [-0.25, -0.2) is 4.79 Å². The van der Waals surface area contributed by atoms with Crippen molar-refractivity contribution in [3.05, 3.63) is 27.9 Å². The largest absolute Gasteiger partial charge is 0.493 e.